The molecule has 0 fully saturated rings. The Kier molecular flexibility index (Phi) is 6.36. The van der Waals surface area contributed by atoms with Crippen LogP contribution in [0.15, 0.2) is 28.7 Å². The molecule has 4 heteroatoms. The third-order valence-corrected chi connectivity index (χ3v) is 5.23. The smallest absolute Gasteiger partial charge is 0.251 e. The average molecular weight is 377 g/mol. The van der Waals surface area contributed by atoms with Gasteiger partial charge in [-0.1, -0.05) is 45.7 Å². The van der Waals surface area contributed by atoms with Crippen molar-refractivity contribution in [1.29, 1.82) is 0 Å². The van der Waals surface area contributed by atoms with Crippen LogP contribution in [-0.4, -0.2) is 17.8 Å². The first kappa shape index (κ1) is 15.7. The number of hydrogen-bond donors (Lipinski definition) is 1. The summed E-state index contributed by atoms with van der Waals surface area (Å²) in [4.78, 5) is 12.0. The van der Waals surface area contributed by atoms with E-state index in [-0.39, 0.29) is 11.3 Å². The maximum Gasteiger partial charge on any atom is 0.251 e. The van der Waals surface area contributed by atoms with Gasteiger partial charge in [0.25, 0.3) is 5.91 Å². The molecule has 1 aromatic carbocycles. The van der Waals surface area contributed by atoms with Crippen molar-refractivity contribution in [2.45, 2.75) is 26.7 Å². The molecule has 18 heavy (non-hydrogen) atoms. The Morgan fingerprint density at radius 1 is 1.22 bits per heavy atom. The molecule has 0 heterocycles. The summed E-state index contributed by atoms with van der Waals surface area (Å²) in [5.41, 5.74) is 0.860. The Labute approximate surface area is 126 Å². The SMILES string of the molecule is CCC(CC)(CBr)CNC(=O)c1ccc(Br)cc1. The van der Waals surface area contributed by atoms with E-state index in [0.29, 0.717) is 12.1 Å². The highest BCUT2D eigenvalue weighted by molar-refractivity contribution is 9.10. The topological polar surface area (TPSA) is 29.1 Å². The molecule has 0 radical (unpaired) electrons. The zero-order chi connectivity index (χ0) is 13.6. The molecule has 0 bridgehead atoms. The van der Waals surface area contributed by atoms with E-state index < -0.39 is 0 Å². The minimum atomic E-state index is -0.00488. The molecule has 1 rings (SSSR count). The minimum Gasteiger partial charge on any atom is -0.351 e. The van der Waals surface area contributed by atoms with Crippen LogP contribution in [0.5, 0.6) is 0 Å². The van der Waals surface area contributed by atoms with Crippen molar-refractivity contribution < 1.29 is 4.79 Å². The Morgan fingerprint density at radius 2 is 1.78 bits per heavy atom. The van der Waals surface area contributed by atoms with Gasteiger partial charge < -0.3 is 5.32 Å². The van der Waals surface area contributed by atoms with Crippen LogP contribution < -0.4 is 5.32 Å². The summed E-state index contributed by atoms with van der Waals surface area (Å²) in [7, 11) is 0. The normalized spacial score (nSPS) is 11.3. The Morgan fingerprint density at radius 3 is 2.22 bits per heavy atom. The minimum absolute atomic E-state index is 0.00488. The number of alkyl halides is 1. The first-order valence-electron chi connectivity index (χ1n) is 6.16. The number of nitrogens with one attached hydrogen (secondary N) is 1. The average Bonchev–Trinajstić information content (AvgIpc) is 2.41. The van der Waals surface area contributed by atoms with Gasteiger partial charge in [0, 0.05) is 21.9 Å². The second-order valence-electron chi connectivity index (χ2n) is 4.53. The lowest BCUT2D eigenvalue weighted by Crippen LogP contribution is -2.38. The number of halogens is 2. The van der Waals surface area contributed by atoms with E-state index in [2.05, 4.69) is 51.0 Å². The molecule has 0 aliphatic rings. The molecular formula is C14H19Br2NO. The summed E-state index contributed by atoms with van der Waals surface area (Å²) >= 11 is 6.91. The van der Waals surface area contributed by atoms with Crippen molar-refractivity contribution in [2.24, 2.45) is 5.41 Å². The van der Waals surface area contributed by atoms with Gasteiger partial charge in [-0.05, 0) is 42.5 Å². The second kappa shape index (κ2) is 7.29. The maximum absolute atomic E-state index is 12.0. The second-order valence-corrected chi connectivity index (χ2v) is 6.01. The van der Waals surface area contributed by atoms with Crippen LogP contribution in [0.25, 0.3) is 0 Å². The summed E-state index contributed by atoms with van der Waals surface area (Å²) in [6, 6.07) is 7.42. The summed E-state index contributed by atoms with van der Waals surface area (Å²) in [6.45, 7) is 5.03. The highest BCUT2D eigenvalue weighted by Crippen LogP contribution is 2.27. The number of carbonyl (C=O) groups is 1. The van der Waals surface area contributed by atoms with Crippen molar-refractivity contribution >= 4 is 37.8 Å². The van der Waals surface area contributed by atoms with Crippen molar-refractivity contribution in [2.75, 3.05) is 11.9 Å². The molecule has 0 saturated heterocycles. The molecular weight excluding hydrogens is 358 g/mol. The van der Waals surface area contributed by atoms with Gasteiger partial charge in [-0.25, -0.2) is 0 Å². The van der Waals surface area contributed by atoms with Crippen LogP contribution in [0.1, 0.15) is 37.0 Å². The summed E-state index contributed by atoms with van der Waals surface area (Å²) in [5.74, 6) is -0.00488. The Hall–Kier alpha value is -0.350. The van der Waals surface area contributed by atoms with Crippen LogP contribution in [0.2, 0.25) is 0 Å². The van der Waals surface area contributed by atoms with Gasteiger partial charge in [-0.2, -0.15) is 0 Å². The van der Waals surface area contributed by atoms with Crippen LogP contribution in [0.4, 0.5) is 0 Å². The largest absolute Gasteiger partial charge is 0.351 e. The third-order valence-electron chi connectivity index (χ3n) is 3.51. The zero-order valence-corrected chi connectivity index (χ0v) is 14.0. The number of amides is 1. The molecule has 1 amide bonds. The zero-order valence-electron chi connectivity index (χ0n) is 10.8. The van der Waals surface area contributed by atoms with Crippen LogP contribution in [0, 0.1) is 5.41 Å². The molecule has 0 aromatic heterocycles. The fourth-order valence-electron chi connectivity index (χ4n) is 1.71. The molecule has 2 nitrogen and oxygen atoms in total. The number of carbonyl (C=O) groups excluding carboxylic acids is 1. The lowest BCUT2D eigenvalue weighted by Gasteiger charge is -2.29. The van der Waals surface area contributed by atoms with E-state index in [9.17, 15) is 4.79 Å². The summed E-state index contributed by atoms with van der Waals surface area (Å²) < 4.78 is 0.982. The first-order chi connectivity index (χ1) is 8.56. The fourth-order valence-corrected chi connectivity index (χ4v) is 2.96. The van der Waals surface area contributed by atoms with Crippen molar-refractivity contribution in [3.63, 3.8) is 0 Å². The number of hydrogen-bond acceptors (Lipinski definition) is 1. The van der Waals surface area contributed by atoms with Gasteiger partial charge in [0.2, 0.25) is 0 Å². The lowest BCUT2D eigenvalue weighted by atomic mass is 9.84. The fraction of sp³-hybridized carbons (Fsp3) is 0.500. The molecule has 0 saturated carbocycles. The first-order valence-corrected chi connectivity index (χ1v) is 8.08. The van der Waals surface area contributed by atoms with Crippen molar-refractivity contribution in [3.05, 3.63) is 34.3 Å². The number of benzene rings is 1. The van der Waals surface area contributed by atoms with E-state index in [1.165, 1.54) is 0 Å². The van der Waals surface area contributed by atoms with E-state index in [0.717, 1.165) is 22.6 Å². The maximum atomic E-state index is 12.0. The van der Waals surface area contributed by atoms with Gasteiger partial charge in [0.15, 0.2) is 0 Å². The monoisotopic (exact) mass is 375 g/mol. The predicted octanol–water partition coefficient (Wildman–Crippen LogP) is 4.38. The molecule has 1 N–H and O–H groups in total. The van der Waals surface area contributed by atoms with Gasteiger partial charge in [-0.3, -0.25) is 4.79 Å². The quantitative estimate of drug-likeness (QED) is 0.733. The number of rotatable bonds is 6. The van der Waals surface area contributed by atoms with Gasteiger partial charge >= 0.3 is 0 Å². The lowest BCUT2D eigenvalue weighted by molar-refractivity contribution is 0.0932. The van der Waals surface area contributed by atoms with E-state index in [1.807, 2.05) is 24.3 Å². The molecule has 0 spiro atoms. The summed E-state index contributed by atoms with van der Waals surface area (Å²) in [5, 5.41) is 3.94. The van der Waals surface area contributed by atoms with Crippen LogP contribution in [0.3, 0.4) is 0 Å². The van der Waals surface area contributed by atoms with Crippen LogP contribution >= 0.6 is 31.9 Å². The highest BCUT2D eigenvalue weighted by atomic mass is 79.9. The van der Waals surface area contributed by atoms with E-state index in [1.54, 1.807) is 0 Å². The molecule has 0 unspecified atom stereocenters. The van der Waals surface area contributed by atoms with E-state index in [4.69, 9.17) is 0 Å². The van der Waals surface area contributed by atoms with Crippen molar-refractivity contribution in [3.8, 4) is 0 Å². The Balaban J connectivity index is 2.63. The molecule has 1 aromatic rings. The standard InChI is InChI=1S/C14H19Br2NO/c1-3-14(4-2,9-15)10-17-13(18)11-5-7-12(16)8-6-11/h5-8H,3-4,9-10H2,1-2H3,(H,17,18). The highest BCUT2D eigenvalue weighted by Gasteiger charge is 2.25. The molecule has 0 atom stereocenters. The van der Waals surface area contributed by atoms with E-state index >= 15 is 0 Å². The van der Waals surface area contributed by atoms with Crippen molar-refractivity contribution in [1.82, 2.24) is 5.32 Å². The van der Waals surface area contributed by atoms with Gasteiger partial charge in [-0.15, -0.1) is 0 Å². The van der Waals surface area contributed by atoms with Gasteiger partial charge in [0.05, 0.1) is 0 Å². The summed E-state index contributed by atoms with van der Waals surface area (Å²) in [6.07, 6.45) is 2.10. The molecule has 0 aliphatic heterocycles. The van der Waals surface area contributed by atoms with Gasteiger partial charge in [0.1, 0.15) is 0 Å². The predicted molar refractivity (Wildman–Crippen MR) is 83.3 cm³/mol. The Bertz CT molecular complexity index is 377. The molecule has 100 valence electrons. The molecule has 0 aliphatic carbocycles. The van der Waals surface area contributed by atoms with Crippen LogP contribution in [-0.2, 0) is 0 Å². The third kappa shape index (κ3) is 4.09.